The molecule has 1 amide bonds. The van der Waals surface area contributed by atoms with Crippen LogP contribution in [0.2, 0.25) is 0 Å². The van der Waals surface area contributed by atoms with Crippen LogP contribution in [0.25, 0.3) is 0 Å². The molecule has 1 atom stereocenters. The number of rotatable bonds is 8. The molecule has 0 aliphatic carbocycles. The number of amides is 1. The first-order valence-corrected chi connectivity index (χ1v) is 8.13. The third kappa shape index (κ3) is 5.62. The lowest BCUT2D eigenvalue weighted by Crippen LogP contribution is -2.28. The van der Waals surface area contributed by atoms with Gasteiger partial charge in [0.2, 0.25) is 5.95 Å². The summed E-state index contributed by atoms with van der Waals surface area (Å²) in [5.74, 6) is 0.277. The zero-order valence-corrected chi connectivity index (χ0v) is 14.5. The van der Waals surface area contributed by atoms with Crippen LogP contribution in [0.4, 0.5) is 5.95 Å². The van der Waals surface area contributed by atoms with Crippen molar-refractivity contribution in [2.45, 2.75) is 19.4 Å². The average molecular weight is 327 g/mol. The normalized spacial score (nSPS) is 12.0. The second-order valence-electron chi connectivity index (χ2n) is 5.95. The number of benzene rings is 1. The van der Waals surface area contributed by atoms with Crippen LogP contribution in [0.3, 0.4) is 0 Å². The van der Waals surface area contributed by atoms with Gasteiger partial charge in [-0.15, -0.1) is 0 Å². The zero-order valence-electron chi connectivity index (χ0n) is 14.5. The van der Waals surface area contributed by atoms with Crippen LogP contribution in [0.1, 0.15) is 35.4 Å². The predicted molar refractivity (Wildman–Crippen MR) is 96.0 cm³/mol. The zero-order chi connectivity index (χ0) is 17.4. The second kappa shape index (κ2) is 8.98. The second-order valence-corrected chi connectivity index (χ2v) is 5.95. The van der Waals surface area contributed by atoms with Gasteiger partial charge in [0.15, 0.2) is 0 Å². The molecule has 0 spiro atoms. The molecule has 0 saturated heterocycles. The fourth-order valence-corrected chi connectivity index (χ4v) is 2.26. The van der Waals surface area contributed by atoms with Crippen molar-refractivity contribution in [1.82, 2.24) is 20.2 Å². The molecule has 0 aliphatic heterocycles. The molecule has 0 radical (unpaired) electrons. The molecule has 2 rings (SSSR count). The molecule has 1 aromatic heterocycles. The number of carbonyl (C=O) groups is 1. The Morgan fingerprint density at radius 2 is 1.96 bits per heavy atom. The van der Waals surface area contributed by atoms with Gasteiger partial charge in [-0.05, 0) is 45.6 Å². The Kier molecular flexibility index (Phi) is 6.69. The highest BCUT2D eigenvalue weighted by molar-refractivity contribution is 5.92. The molecule has 0 fully saturated rings. The van der Waals surface area contributed by atoms with Gasteiger partial charge in [-0.2, -0.15) is 0 Å². The standard InChI is InChI=1S/C18H25N5O/c1-14(15-8-5-4-6-9-15)21-18-20-12-10-16(22-18)17(24)19-11-7-13-23(2)3/h4-6,8-10,12,14H,7,11,13H2,1-3H3,(H,19,24)(H,20,21,22). The summed E-state index contributed by atoms with van der Waals surface area (Å²) in [6.07, 6.45) is 2.50. The Labute approximate surface area is 143 Å². The molecule has 6 nitrogen and oxygen atoms in total. The van der Waals surface area contributed by atoms with E-state index >= 15 is 0 Å². The number of nitrogens with one attached hydrogen (secondary N) is 2. The Morgan fingerprint density at radius 1 is 1.21 bits per heavy atom. The van der Waals surface area contributed by atoms with Crippen molar-refractivity contribution in [3.05, 3.63) is 53.9 Å². The highest BCUT2D eigenvalue weighted by Crippen LogP contribution is 2.16. The van der Waals surface area contributed by atoms with Crippen LogP contribution < -0.4 is 10.6 Å². The Bertz CT molecular complexity index is 645. The van der Waals surface area contributed by atoms with Gasteiger partial charge >= 0.3 is 0 Å². The molecular weight excluding hydrogens is 302 g/mol. The SMILES string of the molecule is CC(Nc1nccc(C(=O)NCCCN(C)C)n1)c1ccccc1. The van der Waals surface area contributed by atoms with E-state index in [0.717, 1.165) is 18.5 Å². The molecule has 2 aromatic rings. The van der Waals surface area contributed by atoms with Gasteiger partial charge < -0.3 is 15.5 Å². The van der Waals surface area contributed by atoms with Gasteiger partial charge in [-0.3, -0.25) is 4.79 Å². The minimum absolute atomic E-state index is 0.0598. The molecule has 128 valence electrons. The minimum Gasteiger partial charge on any atom is -0.351 e. The summed E-state index contributed by atoms with van der Waals surface area (Å²) in [6, 6.07) is 11.7. The van der Waals surface area contributed by atoms with E-state index < -0.39 is 0 Å². The summed E-state index contributed by atoms with van der Waals surface area (Å²) < 4.78 is 0. The largest absolute Gasteiger partial charge is 0.351 e. The molecule has 6 heteroatoms. The van der Waals surface area contributed by atoms with Gasteiger partial charge in [0.05, 0.1) is 6.04 Å². The summed E-state index contributed by atoms with van der Waals surface area (Å²) in [4.78, 5) is 22.7. The van der Waals surface area contributed by atoms with E-state index in [-0.39, 0.29) is 11.9 Å². The molecule has 24 heavy (non-hydrogen) atoms. The van der Waals surface area contributed by atoms with Gasteiger partial charge in [0, 0.05) is 12.7 Å². The maximum Gasteiger partial charge on any atom is 0.270 e. The number of anilines is 1. The maximum absolute atomic E-state index is 12.2. The van der Waals surface area contributed by atoms with Crippen molar-refractivity contribution < 1.29 is 4.79 Å². The molecule has 1 aromatic carbocycles. The van der Waals surface area contributed by atoms with Crippen LogP contribution >= 0.6 is 0 Å². The fraction of sp³-hybridized carbons (Fsp3) is 0.389. The summed E-state index contributed by atoms with van der Waals surface area (Å²) in [5, 5.41) is 6.11. The van der Waals surface area contributed by atoms with E-state index in [9.17, 15) is 4.79 Å². The molecule has 0 bridgehead atoms. The van der Waals surface area contributed by atoms with Gasteiger partial charge in [0.25, 0.3) is 5.91 Å². The van der Waals surface area contributed by atoms with E-state index in [2.05, 4.69) is 25.5 Å². The van der Waals surface area contributed by atoms with E-state index in [1.54, 1.807) is 12.3 Å². The van der Waals surface area contributed by atoms with E-state index in [1.807, 2.05) is 51.4 Å². The number of nitrogens with zero attached hydrogens (tertiary/aromatic N) is 3. The minimum atomic E-state index is -0.174. The quantitative estimate of drug-likeness (QED) is 0.728. The van der Waals surface area contributed by atoms with Crippen molar-refractivity contribution in [2.24, 2.45) is 0 Å². The lowest BCUT2D eigenvalue weighted by molar-refractivity contribution is 0.0947. The first-order valence-electron chi connectivity index (χ1n) is 8.13. The molecule has 0 saturated carbocycles. The first kappa shape index (κ1) is 17.9. The van der Waals surface area contributed by atoms with Crippen molar-refractivity contribution in [3.63, 3.8) is 0 Å². The van der Waals surface area contributed by atoms with Gasteiger partial charge in [-0.1, -0.05) is 30.3 Å². The summed E-state index contributed by atoms with van der Waals surface area (Å²) in [5.41, 5.74) is 1.51. The van der Waals surface area contributed by atoms with Crippen LogP contribution in [-0.2, 0) is 0 Å². The van der Waals surface area contributed by atoms with Crippen LogP contribution in [-0.4, -0.2) is 48.0 Å². The molecule has 1 heterocycles. The van der Waals surface area contributed by atoms with Crippen LogP contribution in [0, 0.1) is 0 Å². The van der Waals surface area contributed by atoms with Crippen LogP contribution in [0.15, 0.2) is 42.6 Å². The highest BCUT2D eigenvalue weighted by atomic mass is 16.1. The lowest BCUT2D eigenvalue weighted by Gasteiger charge is -2.14. The number of hydrogen-bond acceptors (Lipinski definition) is 5. The lowest BCUT2D eigenvalue weighted by atomic mass is 10.1. The summed E-state index contributed by atoms with van der Waals surface area (Å²) in [6.45, 7) is 3.60. The Hall–Kier alpha value is -2.47. The number of carbonyl (C=O) groups excluding carboxylic acids is 1. The van der Waals surface area contributed by atoms with E-state index in [4.69, 9.17) is 0 Å². The predicted octanol–water partition coefficient (Wildman–Crippen LogP) is 2.33. The fourth-order valence-electron chi connectivity index (χ4n) is 2.26. The summed E-state index contributed by atoms with van der Waals surface area (Å²) in [7, 11) is 4.02. The Morgan fingerprint density at radius 3 is 2.67 bits per heavy atom. The molecular formula is C18H25N5O. The van der Waals surface area contributed by atoms with Crippen molar-refractivity contribution in [2.75, 3.05) is 32.5 Å². The van der Waals surface area contributed by atoms with Crippen molar-refractivity contribution in [3.8, 4) is 0 Å². The topological polar surface area (TPSA) is 70.2 Å². The molecule has 0 aliphatic rings. The van der Waals surface area contributed by atoms with Gasteiger partial charge in [-0.25, -0.2) is 9.97 Å². The highest BCUT2D eigenvalue weighted by Gasteiger charge is 2.10. The number of hydrogen-bond donors (Lipinski definition) is 2. The van der Waals surface area contributed by atoms with E-state index in [1.165, 1.54) is 0 Å². The maximum atomic E-state index is 12.2. The number of aromatic nitrogens is 2. The molecule has 1 unspecified atom stereocenters. The van der Waals surface area contributed by atoms with Crippen molar-refractivity contribution in [1.29, 1.82) is 0 Å². The van der Waals surface area contributed by atoms with Crippen molar-refractivity contribution >= 4 is 11.9 Å². The third-order valence-electron chi connectivity index (χ3n) is 3.60. The first-order chi connectivity index (χ1) is 11.6. The third-order valence-corrected chi connectivity index (χ3v) is 3.60. The smallest absolute Gasteiger partial charge is 0.270 e. The molecule has 2 N–H and O–H groups in total. The van der Waals surface area contributed by atoms with Gasteiger partial charge in [0.1, 0.15) is 5.69 Å². The van der Waals surface area contributed by atoms with Crippen LogP contribution in [0.5, 0.6) is 0 Å². The summed E-state index contributed by atoms with van der Waals surface area (Å²) >= 11 is 0. The monoisotopic (exact) mass is 327 g/mol. The Balaban J connectivity index is 1.92. The van der Waals surface area contributed by atoms with E-state index in [0.29, 0.717) is 18.2 Å². The average Bonchev–Trinajstić information content (AvgIpc) is 2.59.